The van der Waals surface area contributed by atoms with Gasteiger partial charge in [-0.2, -0.15) is 18.4 Å². The van der Waals surface area contributed by atoms with E-state index in [1.165, 1.54) is 31.0 Å². The molecule has 1 saturated heterocycles. The van der Waals surface area contributed by atoms with Gasteiger partial charge in [0, 0.05) is 0 Å². The van der Waals surface area contributed by atoms with Gasteiger partial charge in [0.05, 0.1) is 35.3 Å². The number of carbonyl (C=O) groups excluding carboxylic acids is 1. The SMILES string of the molecule is COc1cc(/C=C2\SC(=NC3CC3)NC2=O)ccc1Oc1ccc(C#N)cc1C(F)(F)F. The summed E-state index contributed by atoms with van der Waals surface area (Å²) in [6, 6.07) is 9.65. The third kappa shape index (κ3) is 4.89. The van der Waals surface area contributed by atoms with Gasteiger partial charge < -0.3 is 14.8 Å². The first-order valence-corrected chi connectivity index (χ1v) is 10.3. The number of hydrogen-bond donors (Lipinski definition) is 1. The van der Waals surface area contributed by atoms with Crippen LogP contribution in [0.1, 0.15) is 29.5 Å². The summed E-state index contributed by atoms with van der Waals surface area (Å²) in [7, 11) is 1.36. The molecule has 0 aromatic heterocycles. The largest absolute Gasteiger partial charge is 0.493 e. The zero-order valence-corrected chi connectivity index (χ0v) is 17.5. The van der Waals surface area contributed by atoms with Crippen molar-refractivity contribution in [2.75, 3.05) is 7.11 Å². The van der Waals surface area contributed by atoms with E-state index in [0.29, 0.717) is 15.6 Å². The van der Waals surface area contributed by atoms with Crippen molar-refractivity contribution in [2.24, 2.45) is 4.99 Å². The monoisotopic (exact) mass is 459 g/mol. The molecule has 1 saturated carbocycles. The molecular weight excluding hydrogens is 443 g/mol. The van der Waals surface area contributed by atoms with Gasteiger partial charge in [-0.25, -0.2) is 0 Å². The predicted octanol–water partition coefficient (Wildman–Crippen LogP) is 5.10. The maximum atomic E-state index is 13.4. The Labute approximate surface area is 185 Å². The molecule has 2 aliphatic rings. The Morgan fingerprint density at radius 3 is 2.59 bits per heavy atom. The van der Waals surface area contributed by atoms with Crippen LogP contribution in [0.15, 0.2) is 46.3 Å². The quantitative estimate of drug-likeness (QED) is 0.629. The Kier molecular flexibility index (Phi) is 5.84. The average Bonchev–Trinajstić information content (AvgIpc) is 3.50. The third-order valence-electron chi connectivity index (χ3n) is 4.62. The molecule has 2 aromatic rings. The molecule has 2 aromatic carbocycles. The van der Waals surface area contributed by atoms with Crippen LogP contribution in [0.3, 0.4) is 0 Å². The number of alkyl halides is 3. The molecule has 1 aliphatic carbocycles. The van der Waals surface area contributed by atoms with Gasteiger partial charge in [-0.1, -0.05) is 6.07 Å². The second kappa shape index (κ2) is 8.59. The maximum absolute atomic E-state index is 13.4. The molecule has 0 atom stereocenters. The first kappa shape index (κ1) is 21.8. The van der Waals surface area contributed by atoms with E-state index in [9.17, 15) is 18.0 Å². The predicted molar refractivity (Wildman–Crippen MR) is 113 cm³/mol. The van der Waals surface area contributed by atoms with Gasteiger partial charge >= 0.3 is 6.18 Å². The van der Waals surface area contributed by atoms with Gasteiger partial charge in [0.2, 0.25) is 0 Å². The number of nitrogens with one attached hydrogen (secondary N) is 1. The number of aliphatic imine (C=N–C) groups is 1. The summed E-state index contributed by atoms with van der Waals surface area (Å²) in [6.45, 7) is 0. The highest BCUT2D eigenvalue weighted by Gasteiger charge is 2.35. The Morgan fingerprint density at radius 2 is 1.94 bits per heavy atom. The lowest BCUT2D eigenvalue weighted by Gasteiger charge is -2.16. The molecule has 1 amide bonds. The summed E-state index contributed by atoms with van der Waals surface area (Å²) < 4.78 is 51.0. The highest BCUT2D eigenvalue weighted by Crippen LogP contribution is 2.41. The standard InChI is InChI=1S/C22H16F3N3O3S/c1-30-18-9-12(10-19-20(29)28-21(32-19)27-14-4-5-14)2-7-17(18)31-16-6-3-13(11-26)8-15(16)22(23,24)25/h2-3,6-10,14H,4-5H2,1H3,(H,27,28,29)/b19-10-. The van der Waals surface area contributed by atoms with Crippen molar-refractivity contribution >= 4 is 28.9 Å². The van der Waals surface area contributed by atoms with Gasteiger partial charge in [-0.05, 0) is 66.6 Å². The van der Waals surface area contributed by atoms with Crippen molar-refractivity contribution in [2.45, 2.75) is 25.1 Å². The van der Waals surface area contributed by atoms with Gasteiger partial charge in [0.1, 0.15) is 5.75 Å². The number of rotatable bonds is 5. The highest BCUT2D eigenvalue weighted by atomic mass is 32.2. The molecule has 0 unspecified atom stereocenters. The number of amidine groups is 1. The minimum atomic E-state index is -4.70. The van der Waals surface area contributed by atoms with E-state index in [1.54, 1.807) is 24.3 Å². The lowest BCUT2D eigenvalue weighted by atomic mass is 10.1. The number of nitrogens with zero attached hydrogens (tertiary/aromatic N) is 2. The van der Waals surface area contributed by atoms with Crippen LogP contribution in [0.5, 0.6) is 17.2 Å². The van der Waals surface area contributed by atoms with Gasteiger partial charge in [0.25, 0.3) is 5.91 Å². The minimum Gasteiger partial charge on any atom is -0.493 e. The number of carbonyl (C=O) groups is 1. The molecule has 0 bridgehead atoms. The number of halogens is 3. The number of amides is 1. The highest BCUT2D eigenvalue weighted by molar-refractivity contribution is 8.18. The number of hydrogen-bond acceptors (Lipinski definition) is 6. The summed E-state index contributed by atoms with van der Waals surface area (Å²) in [4.78, 5) is 17.0. The zero-order chi connectivity index (χ0) is 22.9. The molecule has 1 heterocycles. The lowest BCUT2D eigenvalue weighted by Crippen LogP contribution is -2.20. The van der Waals surface area contributed by atoms with Crippen LogP contribution in [-0.2, 0) is 11.0 Å². The zero-order valence-electron chi connectivity index (χ0n) is 16.7. The normalized spacial score (nSPS) is 18.5. The van der Waals surface area contributed by atoms with Crippen LogP contribution in [-0.4, -0.2) is 24.2 Å². The third-order valence-corrected chi connectivity index (χ3v) is 5.54. The molecule has 2 fully saturated rings. The topological polar surface area (TPSA) is 83.7 Å². The van der Waals surface area contributed by atoms with Crippen molar-refractivity contribution in [3.8, 4) is 23.3 Å². The molecule has 0 spiro atoms. The summed E-state index contributed by atoms with van der Waals surface area (Å²) in [5, 5.41) is 12.2. The average molecular weight is 459 g/mol. The molecule has 1 N–H and O–H groups in total. The van der Waals surface area contributed by atoms with E-state index in [2.05, 4.69) is 10.3 Å². The van der Waals surface area contributed by atoms with Crippen LogP contribution in [0, 0.1) is 11.3 Å². The summed E-state index contributed by atoms with van der Waals surface area (Å²) in [6.07, 6.45) is -1.02. The van der Waals surface area contributed by atoms with Crippen LogP contribution in [0.2, 0.25) is 0 Å². The molecule has 164 valence electrons. The number of ether oxygens (including phenoxy) is 2. The molecule has 6 nitrogen and oxygen atoms in total. The second-order valence-electron chi connectivity index (χ2n) is 7.06. The van der Waals surface area contributed by atoms with E-state index in [-0.39, 0.29) is 29.0 Å². The van der Waals surface area contributed by atoms with Crippen LogP contribution >= 0.6 is 11.8 Å². The molecule has 4 rings (SSSR count). The minimum absolute atomic E-state index is 0.0596. The van der Waals surface area contributed by atoms with Gasteiger partial charge in [0.15, 0.2) is 16.7 Å². The Balaban J connectivity index is 1.60. The Hall–Kier alpha value is -3.45. The van der Waals surface area contributed by atoms with Crippen molar-refractivity contribution in [1.82, 2.24) is 5.32 Å². The van der Waals surface area contributed by atoms with Crippen molar-refractivity contribution in [3.05, 3.63) is 58.0 Å². The van der Waals surface area contributed by atoms with Crippen LogP contribution < -0.4 is 14.8 Å². The van der Waals surface area contributed by atoms with E-state index in [4.69, 9.17) is 14.7 Å². The molecular formula is C22H16F3N3O3S. The van der Waals surface area contributed by atoms with Crippen molar-refractivity contribution in [1.29, 1.82) is 5.26 Å². The first-order chi connectivity index (χ1) is 15.3. The first-order valence-electron chi connectivity index (χ1n) is 9.53. The van der Waals surface area contributed by atoms with Crippen LogP contribution in [0.25, 0.3) is 6.08 Å². The molecule has 1 aliphatic heterocycles. The van der Waals surface area contributed by atoms with E-state index < -0.39 is 17.5 Å². The van der Waals surface area contributed by atoms with Gasteiger partial charge in [-0.3, -0.25) is 9.79 Å². The smallest absolute Gasteiger partial charge is 0.420 e. The lowest BCUT2D eigenvalue weighted by molar-refractivity contribution is -0.138. The van der Waals surface area contributed by atoms with Crippen molar-refractivity contribution < 1.29 is 27.4 Å². The number of nitriles is 1. The molecule has 0 radical (unpaired) electrons. The van der Waals surface area contributed by atoms with E-state index >= 15 is 0 Å². The fourth-order valence-corrected chi connectivity index (χ4v) is 3.79. The number of thioether (sulfide) groups is 1. The Morgan fingerprint density at radius 1 is 1.19 bits per heavy atom. The summed E-state index contributed by atoms with van der Waals surface area (Å²) in [5.74, 6) is -0.467. The summed E-state index contributed by atoms with van der Waals surface area (Å²) >= 11 is 1.24. The molecule has 32 heavy (non-hydrogen) atoms. The van der Waals surface area contributed by atoms with E-state index in [1.807, 2.05) is 0 Å². The fourth-order valence-electron chi connectivity index (χ4n) is 2.90. The number of methoxy groups -OCH3 is 1. The Bertz CT molecular complexity index is 1180. The number of benzene rings is 2. The van der Waals surface area contributed by atoms with Gasteiger partial charge in [-0.15, -0.1) is 0 Å². The van der Waals surface area contributed by atoms with Crippen LogP contribution in [0.4, 0.5) is 13.2 Å². The van der Waals surface area contributed by atoms with E-state index in [0.717, 1.165) is 25.0 Å². The summed E-state index contributed by atoms with van der Waals surface area (Å²) in [5.41, 5.74) is -0.586. The second-order valence-corrected chi connectivity index (χ2v) is 8.09. The fraction of sp³-hybridized carbons (Fsp3) is 0.227. The molecule has 10 heteroatoms. The van der Waals surface area contributed by atoms with Crippen molar-refractivity contribution in [3.63, 3.8) is 0 Å². The maximum Gasteiger partial charge on any atom is 0.420 e.